The van der Waals surface area contributed by atoms with Gasteiger partial charge in [-0.1, -0.05) is 32.1 Å². The average Bonchev–Trinajstić information content (AvgIpc) is 2.38. The smallest absolute Gasteiger partial charge is 0.0378 e. The molecule has 0 saturated heterocycles. The molecule has 19 heavy (non-hydrogen) atoms. The van der Waals surface area contributed by atoms with E-state index < -0.39 is 0 Å². The maximum atomic E-state index is 6.04. The second-order valence-corrected chi connectivity index (χ2v) is 5.78. The summed E-state index contributed by atoms with van der Waals surface area (Å²) in [6.45, 7) is 0. The van der Waals surface area contributed by atoms with Crippen molar-refractivity contribution in [2.75, 3.05) is 12.8 Å². The Morgan fingerprint density at radius 3 is 2.58 bits per heavy atom. The van der Waals surface area contributed by atoms with Crippen LogP contribution in [0.1, 0.15) is 50.5 Å². The van der Waals surface area contributed by atoms with Gasteiger partial charge in [0.2, 0.25) is 0 Å². The molecule has 0 spiro atoms. The van der Waals surface area contributed by atoms with E-state index in [1.807, 2.05) is 12.3 Å². The third-order valence-electron chi connectivity index (χ3n) is 4.47. The van der Waals surface area contributed by atoms with Crippen LogP contribution < -0.4 is 11.1 Å². The van der Waals surface area contributed by atoms with E-state index in [1.54, 1.807) is 6.20 Å². The van der Waals surface area contributed by atoms with Gasteiger partial charge < -0.3 is 11.1 Å². The molecule has 1 atom stereocenters. The van der Waals surface area contributed by atoms with Crippen molar-refractivity contribution in [2.45, 2.75) is 57.4 Å². The quantitative estimate of drug-likeness (QED) is 0.875. The van der Waals surface area contributed by atoms with Gasteiger partial charge in [-0.2, -0.15) is 0 Å². The van der Waals surface area contributed by atoms with Crippen LogP contribution in [0.5, 0.6) is 0 Å². The number of nitrogens with two attached hydrogens (primary N) is 1. The Bertz CT molecular complexity index is 370. The molecule has 106 valence electrons. The first-order valence-electron chi connectivity index (χ1n) is 7.67. The molecule has 1 aliphatic carbocycles. The van der Waals surface area contributed by atoms with Gasteiger partial charge in [-0.25, -0.2) is 0 Å². The number of likely N-dealkylation sites (N-methyl/N-ethyl adjacent to an activating group) is 1. The number of hydrogen-bond donors (Lipinski definition) is 2. The van der Waals surface area contributed by atoms with E-state index in [-0.39, 0.29) is 0 Å². The minimum atomic E-state index is 0.532. The van der Waals surface area contributed by atoms with Crippen molar-refractivity contribution < 1.29 is 0 Å². The predicted octanol–water partition coefficient (Wildman–Crippen LogP) is 3.15. The Morgan fingerprint density at radius 2 is 1.95 bits per heavy atom. The highest BCUT2D eigenvalue weighted by atomic mass is 14.9. The first kappa shape index (κ1) is 14.3. The van der Waals surface area contributed by atoms with E-state index in [4.69, 9.17) is 5.73 Å². The number of rotatable bonds is 4. The SMILES string of the molecule is CNC(Cc1cnccc1N)C1CCCCCCC1. The molecule has 1 heterocycles. The molecule has 3 N–H and O–H groups in total. The summed E-state index contributed by atoms with van der Waals surface area (Å²) < 4.78 is 0. The van der Waals surface area contributed by atoms with Gasteiger partial charge in [0.25, 0.3) is 0 Å². The molecule has 0 radical (unpaired) electrons. The third kappa shape index (κ3) is 4.20. The first-order valence-corrected chi connectivity index (χ1v) is 7.67. The van der Waals surface area contributed by atoms with Crippen molar-refractivity contribution in [2.24, 2.45) is 5.92 Å². The Labute approximate surface area is 117 Å². The van der Waals surface area contributed by atoms with Crippen molar-refractivity contribution in [3.05, 3.63) is 24.0 Å². The van der Waals surface area contributed by atoms with Gasteiger partial charge in [-0.3, -0.25) is 4.98 Å². The van der Waals surface area contributed by atoms with E-state index in [2.05, 4.69) is 17.3 Å². The first-order chi connectivity index (χ1) is 9.31. The molecule has 0 amide bonds. The average molecular weight is 261 g/mol. The van der Waals surface area contributed by atoms with Crippen LogP contribution >= 0.6 is 0 Å². The Balaban J connectivity index is 2.00. The molecule has 2 rings (SSSR count). The lowest BCUT2D eigenvalue weighted by Crippen LogP contribution is -2.36. The normalized spacial score (nSPS) is 19.6. The predicted molar refractivity (Wildman–Crippen MR) is 81.0 cm³/mol. The van der Waals surface area contributed by atoms with E-state index in [0.717, 1.165) is 18.0 Å². The molecule has 0 bridgehead atoms. The van der Waals surface area contributed by atoms with Crippen LogP contribution in [0, 0.1) is 5.92 Å². The molecule has 1 unspecified atom stereocenters. The lowest BCUT2D eigenvalue weighted by atomic mass is 9.83. The van der Waals surface area contributed by atoms with E-state index in [0.29, 0.717) is 6.04 Å². The van der Waals surface area contributed by atoms with Crippen molar-refractivity contribution in [1.29, 1.82) is 0 Å². The fourth-order valence-corrected chi connectivity index (χ4v) is 3.24. The van der Waals surface area contributed by atoms with Crippen molar-refractivity contribution in [3.63, 3.8) is 0 Å². The molecule has 1 fully saturated rings. The summed E-state index contributed by atoms with van der Waals surface area (Å²) in [5.74, 6) is 0.782. The molecule has 3 nitrogen and oxygen atoms in total. The number of nitrogen functional groups attached to an aromatic ring is 1. The standard InChI is InChI=1S/C16H27N3/c1-18-16(11-14-12-19-10-9-15(14)17)13-7-5-3-2-4-6-8-13/h9-10,12-13,16,18H,2-8,11H2,1H3,(H2,17,19). The largest absolute Gasteiger partial charge is 0.398 e. The van der Waals surface area contributed by atoms with Crippen LogP contribution in [0.2, 0.25) is 0 Å². The minimum Gasteiger partial charge on any atom is -0.398 e. The number of anilines is 1. The highest BCUT2D eigenvalue weighted by molar-refractivity contribution is 5.44. The molecule has 0 aromatic carbocycles. The maximum Gasteiger partial charge on any atom is 0.0378 e. The van der Waals surface area contributed by atoms with E-state index in [9.17, 15) is 0 Å². The zero-order chi connectivity index (χ0) is 13.5. The molecule has 3 heteroatoms. The zero-order valence-electron chi connectivity index (χ0n) is 12.1. The summed E-state index contributed by atoms with van der Waals surface area (Å²) in [5, 5.41) is 3.51. The molecule has 1 aromatic heterocycles. The Kier molecular flexibility index (Phi) is 5.64. The van der Waals surface area contributed by atoms with Gasteiger partial charge in [0.1, 0.15) is 0 Å². The van der Waals surface area contributed by atoms with Gasteiger partial charge in [-0.15, -0.1) is 0 Å². The fraction of sp³-hybridized carbons (Fsp3) is 0.688. The molecule has 1 aliphatic rings. The van der Waals surface area contributed by atoms with Crippen molar-refractivity contribution in [3.8, 4) is 0 Å². The summed E-state index contributed by atoms with van der Waals surface area (Å²) in [7, 11) is 2.08. The van der Waals surface area contributed by atoms with Gasteiger partial charge >= 0.3 is 0 Å². The highest BCUT2D eigenvalue weighted by Gasteiger charge is 2.21. The summed E-state index contributed by atoms with van der Waals surface area (Å²) in [6, 6.07) is 2.43. The molecular formula is C16H27N3. The summed E-state index contributed by atoms with van der Waals surface area (Å²) >= 11 is 0. The van der Waals surface area contributed by atoms with Gasteiger partial charge in [0, 0.05) is 24.1 Å². The maximum absolute atomic E-state index is 6.04. The fourth-order valence-electron chi connectivity index (χ4n) is 3.24. The summed E-state index contributed by atoms with van der Waals surface area (Å²) in [5.41, 5.74) is 8.10. The lowest BCUT2D eigenvalue weighted by molar-refractivity contribution is 0.294. The van der Waals surface area contributed by atoms with Crippen molar-refractivity contribution >= 4 is 5.69 Å². The van der Waals surface area contributed by atoms with Crippen LogP contribution in [0.15, 0.2) is 18.5 Å². The number of pyridine rings is 1. The van der Waals surface area contributed by atoms with Gasteiger partial charge in [-0.05, 0) is 43.9 Å². The second-order valence-electron chi connectivity index (χ2n) is 5.78. The molecule has 1 saturated carbocycles. The number of hydrogen-bond acceptors (Lipinski definition) is 3. The Morgan fingerprint density at radius 1 is 1.26 bits per heavy atom. The minimum absolute atomic E-state index is 0.532. The molecule has 0 aliphatic heterocycles. The van der Waals surface area contributed by atoms with Crippen LogP contribution in [-0.4, -0.2) is 18.1 Å². The second kappa shape index (κ2) is 7.49. The van der Waals surface area contributed by atoms with Crippen LogP contribution in [0.25, 0.3) is 0 Å². The van der Waals surface area contributed by atoms with Gasteiger partial charge in [0.15, 0.2) is 0 Å². The van der Waals surface area contributed by atoms with Crippen LogP contribution in [0.3, 0.4) is 0 Å². The molecular weight excluding hydrogens is 234 g/mol. The molecule has 1 aromatic rings. The third-order valence-corrected chi connectivity index (χ3v) is 4.47. The Hall–Kier alpha value is -1.09. The van der Waals surface area contributed by atoms with Crippen LogP contribution in [-0.2, 0) is 6.42 Å². The summed E-state index contributed by atoms with van der Waals surface area (Å²) in [6.07, 6.45) is 14.4. The van der Waals surface area contributed by atoms with E-state index >= 15 is 0 Å². The number of nitrogens with zero attached hydrogens (tertiary/aromatic N) is 1. The zero-order valence-corrected chi connectivity index (χ0v) is 12.1. The highest BCUT2D eigenvalue weighted by Crippen LogP contribution is 2.27. The lowest BCUT2D eigenvalue weighted by Gasteiger charge is -2.29. The number of nitrogens with one attached hydrogen (secondary N) is 1. The van der Waals surface area contributed by atoms with Gasteiger partial charge in [0.05, 0.1) is 0 Å². The van der Waals surface area contributed by atoms with Crippen LogP contribution in [0.4, 0.5) is 5.69 Å². The monoisotopic (exact) mass is 261 g/mol. The van der Waals surface area contributed by atoms with Crippen molar-refractivity contribution in [1.82, 2.24) is 10.3 Å². The topological polar surface area (TPSA) is 50.9 Å². The summed E-state index contributed by atoms with van der Waals surface area (Å²) in [4.78, 5) is 4.20. The number of aromatic nitrogens is 1. The van der Waals surface area contributed by atoms with E-state index in [1.165, 1.54) is 50.5 Å².